The topological polar surface area (TPSA) is 12.9 Å². The van der Waals surface area contributed by atoms with E-state index in [-0.39, 0.29) is 4.70 Å². The summed E-state index contributed by atoms with van der Waals surface area (Å²) in [4.78, 5) is 4.15. The number of hydrogen-bond acceptors (Lipinski definition) is 1. The normalized spacial score (nSPS) is 10.2. The molecule has 0 unspecified atom stereocenters. The lowest BCUT2D eigenvalue weighted by molar-refractivity contribution is 0.549. The molecule has 0 N–H and O–H groups in total. The van der Waals surface area contributed by atoms with Crippen LogP contribution in [0.1, 0.15) is 83.1 Å². The Labute approximate surface area is 124 Å². The van der Waals surface area contributed by atoms with Crippen LogP contribution >= 0.6 is 0 Å². The van der Waals surface area contributed by atoms with E-state index in [4.69, 9.17) is 0 Å². The van der Waals surface area contributed by atoms with E-state index in [1.54, 1.807) is 0 Å². The van der Waals surface area contributed by atoms with Gasteiger partial charge in [0.2, 0.25) is 0 Å². The molecule has 0 radical (unpaired) electrons. The number of rotatable bonds is 12. The molecule has 1 aromatic heterocycles. The molecule has 0 saturated heterocycles. The van der Waals surface area contributed by atoms with Crippen molar-refractivity contribution in [1.29, 1.82) is 0 Å². The molecule has 1 nitrogen and oxygen atoms in total. The fourth-order valence-electron chi connectivity index (χ4n) is 2.54. The third kappa shape index (κ3) is 11.0. The van der Waals surface area contributed by atoms with Gasteiger partial charge in [-0.3, -0.25) is 9.69 Å². The first-order chi connectivity index (χ1) is 9.43. The number of aryl methyl sites for hydroxylation is 1. The number of unbranched alkanes of at least 4 members (excludes halogenated alkanes) is 10. The molecule has 2 heteroatoms. The van der Waals surface area contributed by atoms with E-state index in [1.807, 2.05) is 18.5 Å². The van der Waals surface area contributed by atoms with E-state index < -0.39 is 0 Å². The summed E-state index contributed by atoms with van der Waals surface area (Å²) in [6.07, 6.45) is 20.6. The van der Waals surface area contributed by atoms with Gasteiger partial charge in [-0.15, -0.1) is 0 Å². The van der Waals surface area contributed by atoms with Crippen LogP contribution in [0, 0.1) is 0 Å². The zero-order chi connectivity index (χ0) is 13.6. The van der Waals surface area contributed by atoms with Crippen molar-refractivity contribution in [3.8, 4) is 0 Å². The summed E-state index contributed by atoms with van der Waals surface area (Å²) in [5, 5.41) is 0. The maximum absolute atomic E-state index is 4.15. The van der Waals surface area contributed by atoms with Crippen LogP contribution in [-0.2, 0) is 6.42 Å². The SMILES string of the molecule is CCCCCCCCCCCCCc1cccnc1.F. The molecule has 116 valence electrons. The first-order valence-electron chi connectivity index (χ1n) is 8.32. The molecule has 0 saturated carbocycles. The Morgan fingerprint density at radius 2 is 1.35 bits per heavy atom. The number of pyridine rings is 1. The van der Waals surface area contributed by atoms with Crippen molar-refractivity contribution >= 4 is 0 Å². The summed E-state index contributed by atoms with van der Waals surface area (Å²) in [7, 11) is 0. The summed E-state index contributed by atoms with van der Waals surface area (Å²) >= 11 is 0. The highest BCUT2D eigenvalue weighted by Gasteiger charge is 1.94. The fourth-order valence-corrected chi connectivity index (χ4v) is 2.54. The highest BCUT2D eigenvalue weighted by molar-refractivity contribution is 5.08. The van der Waals surface area contributed by atoms with Crippen molar-refractivity contribution in [2.24, 2.45) is 0 Å². The predicted molar refractivity (Wildman–Crippen MR) is 86.9 cm³/mol. The number of nitrogens with zero attached hydrogens (tertiary/aromatic N) is 1. The molecule has 0 spiro atoms. The minimum absolute atomic E-state index is 0. The van der Waals surface area contributed by atoms with Crippen molar-refractivity contribution in [3.05, 3.63) is 30.1 Å². The lowest BCUT2D eigenvalue weighted by Crippen LogP contribution is -1.87. The van der Waals surface area contributed by atoms with Gasteiger partial charge in [0.15, 0.2) is 0 Å². The van der Waals surface area contributed by atoms with E-state index in [0.29, 0.717) is 0 Å². The standard InChI is InChI=1S/C18H31N.FH/c1-2-3-4-5-6-7-8-9-10-11-12-14-18-15-13-16-19-17-18;/h13,15-17H,2-12,14H2,1H3;1H. The van der Waals surface area contributed by atoms with Crippen molar-refractivity contribution in [2.75, 3.05) is 0 Å². The summed E-state index contributed by atoms with van der Waals surface area (Å²) in [5.41, 5.74) is 1.39. The lowest BCUT2D eigenvalue weighted by atomic mass is 10.0. The Bertz CT molecular complexity index is 287. The van der Waals surface area contributed by atoms with Gasteiger partial charge in [0, 0.05) is 12.4 Å². The van der Waals surface area contributed by atoms with Gasteiger partial charge >= 0.3 is 0 Å². The quantitative estimate of drug-likeness (QED) is 0.423. The van der Waals surface area contributed by atoms with Crippen molar-refractivity contribution < 1.29 is 4.70 Å². The largest absolute Gasteiger partial charge is 0.269 e. The second kappa shape index (κ2) is 14.5. The molecule has 20 heavy (non-hydrogen) atoms. The highest BCUT2D eigenvalue weighted by Crippen LogP contribution is 2.12. The van der Waals surface area contributed by atoms with E-state index in [9.17, 15) is 0 Å². The molecule has 0 amide bonds. The number of hydrogen-bond donors (Lipinski definition) is 0. The van der Waals surface area contributed by atoms with Gasteiger partial charge in [-0.25, -0.2) is 0 Å². The van der Waals surface area contributed by atoms with Gasteiger partial charge in [0.1, 0.15) is 0 Å². The molecule has 0 aliphatic carbocycles. The zero-order valence-corrected chi connectivity index (χ0v) is 13.2. The summed E-state index contributed by atoms with van der Waals surface area (Å²) in [6.45, 7) is 2.28. The minimum Gasteiger partial charge on any atom is -0.269 e. The second-order valence-electron chi connectivity index (χ2n) is 5.65. The van der Waals surface area contributed by atoms with Crippen LogP contribution in [0.3, 0.4) is 0 Å². The summed E-state index contributed by atoms with van der Waals surface area (Å²) < 4.78 is 0. The van der Waals surface area contributed by atoms with Crippen LogP contribution in [-0.4, -0.2) is 4.98 Å². The van der Waals surface area contributed by atoms with Crippen LogP contribution in [0.15, 0.2) is 24.5 Å². The number of halogens is 1. The smallest absolute Gasteiger partial charge is 0.0299 e. The molecule has 0 aliphatic rings. The van der Waals surface area contributed by atoms with Crippen LogP contribution in [0.25, 0.3) is 0 Å². The van der Waals surface area contributed by atoms with Crippen LogP contribution in [0.5, 0.6) is 0 Å². The maximum atomic E-state index is 4.15. The predicted octanol–water partition coefficient (Wildman–Crippen LogP) is 6.09. The Hall–Kier alpha value is -0.920. The molecule has 1 heterocycles. The molecule has 1 aromatic rings. The van der Waals surface area contributed by atoms with Gasteiger partial charge in [0.25, 0.3) is 0 Å². The van der Waals surface area contributed by atoms with Crippen LogP contribution < -0.4 is 0 Å². The summed E-state index contributed by atoms with van der Waals surface area (Å²) in [5.74, 6) is 0. The Morgan fingerprint density at radius 3 is 1.85 bits per heavy atom. The Kier molecular flexibility index (Phi) is 13.8. The first-order valence-corrected chi connectivity index (χ1v) is 8.32. The van der Waals surface area contributed by atoms with Crippen LogP contribution in [0.4, 0.5) is 4.70 Å². The molecule has 0 fully saturated rings. The molecule has 0 aromatic carbocycles. The van der Waals surface area contributed by atoms with E-state index in [2.05, 4.69) is 18.0 Å². The third-order valence-electron chi connectivity index (χ3n) is 3.79. The minimum atomic E-state index is 0. The number of aromatic nitrogens is 1. The van der Waals surface area contributed by atoms with Crippen molar-refractivity contribution in [2.45, 2.75) is 84.0 Å². The van der Waals surface area contributed by atoms with Crippen LogP contribution in [0.2, 0.25) is 0 Å². The average molecular weight is 281 g/mol. The molecular formula is C18H32FN. The Morgan fingerprint density at radius 1 is 0.800 bits per heavy atom. The van der Waals surface area contributed by atoms with Gasteiger partial charge in [-0.2, -0.15) is 0 Å². The molecule has 0 aliphatic heterocycles. The second-order valence-corrected chi connectivity index (χ2v) is 5.65. The maximum Gasteiger partial charge on any atom is 0.0299 e. The van der Waals surface area contributed by atoms with Crippen molar-refractivity contribution in [3.63, 3.8) is 0 Å². The average Bonchev–Trinajstić information content (AvgIpc) is 2.46. The highest BCUT2D eigenvalue weighted by atomic mass is 19.0. The van der Waals surface area contributed by atoms with Gasteiger partial charge in [-0.1, -0.05) is 77.2 Å². The van der Waals surface area contributed by atoms with Gasteiger partial charge in [-0.05, 0) is 24.5 Å². The third-order valence-corrected chi connectivity index (χ3v) is 3.79. The van der Waals surface area contributed by atoms with E-state index >= 15 is 0 Å². The lowest BCUT2D eigenvalue weighted by Gasteiger charge is -2.03. The first kappa shape index (κ1) is 19.1. The Balaban J connectivity index is 0.00000361. The zero-order valence-electron chi connectivity index (χ0n) is 13.2. The molecule has 0 atom stereocenters. The molecule has 1 rings (SSSR count). The van der Waals surface area contributed by atoms with Crippen molar-refractivity contribution in [1.82, 2.24) is 4.98 Å². The van der Waals surface area contributed by atoms with E-state index in [1.165, 1.54) is 82.6 Å². The fraction of sp³-hybridized carbons (Fsp3) is 0.722. The monoisotopic (exact) mass is 281 g/mol. The molecule has 0 bridgehead atoms. The van der Waals surface area contributed by atoms with Gasteiger partial charge in [0.05, 0.1) is 0 Å². The summed E-state index contributed by atoms with van der Waals surface area (Å²) in [6, 6.07) is 4.22. The van der Waals surface area contributed by atoms with Gasteiger partial charge < -0.3 is 0 Å². The molecular weight excluding hydrogens is 249 g/mol. The van der Waals surface area contributed by atoms with E-state index in [0.717, 1.165) is 0 Å².